The number of carbonyl (C=O) groups excluding carboxylic acids is 1. The van der Waals surface area contributed by atoms with E-state index in [4.69, 9.17) is 0 Å². The van der Waals surface area contributed by atoms with E-state index in [9.17, 15) is 4.79 Å². The van der Waals surface area contributed by atoms with Crippen LogP contribution >= 0.6 is 11.8 Å². The topological polar surface area (TPSA) is 51.0 Å². The lowest BCUT2D eigenvalue weighted by molar-refractivity contribution is -0.133. The van der Waals surface area contributed by atoms with Gasteiger partial charge in [0.05, 0.1) is 5.75 Å². The van der Waals surface area contributed by atoms with Crippen molar-refractivity contribution in [3.05, 3.63) is 65.7 Å². The summed E-state index contributed by atoms with van der Waals surface area (Å²) in [4.78, 5) is 15.1. The Morgan fingerprint density at radius 1 is 1.06 bits per heavy atom. The number of nitrogens with zero attached hydrogens (tertiary/aromatic N) is 4. The molecule has 164 valence electrons. The van der Waals surface area contributed by atoms with Crippen LogP contribution in [0.1, 0.15) is 45.2 Å². The molecule has 0 spiro atoms. The summed E-state index contributed by atoms with van der Waals surface area (Å²) in [6.45, 7) is 11.9. The fourth-order valence-corrected chi connectivity index (χ4v) is 4.33. The van der Waals surface area contributed by atoms with Gasteiger partial charge in [-0.25, -0.2) is 0 Å². The van der Waals surface area contributed by atoms with Crippen LogP contribution in [0, 0.1) is 6.92 Å². The molecule has 0 atom stereocenters. The smallest absolute Gasteiger partial charge is 0.233 e. The summed E-state index contributed by atoms with van der Waals surface area (Å²) in [6.07, 6.45) is 0.973. The summed E-state index contributed by atoms with van der Waals surface area (Å²) < 4.78 is 2.13. The molecular weight excluding hydrogens is 404 g/mol. The SMILES string of the molecule is CCCn1c(SCC(=O)N(Cc2ccccc2)C(C)(C)C)nnc1-c1cccc(C)c1. The molecule has 0 N–H and O–H groups in total. The van der Waals surface area contributed by atoms with E-state index >= 15 is 0 Å². The van der Waals surface area contributed by atoms with Gasteiger partial charge < -0.3 is 9.47 Å². The molecule has 5 nitrogen and oxygen atoms in total. The highest BCUT2D eigenvalue weighted by atomic mass is 32.2. The van der Waals surface area contributed by atoms with Gasteiger partial charge in [0.15, 0.2) is 11.0 Å². The van der Waals surface area contributed by atoms with E-state index in [1.54, 1.807) is 0 Å². The van der Waals surface area contributed by atoms with Gasteiger partial charge in [-0.05, 0) is 45.7 Å². The zero-order chi connectivity index (χ0) is 22.4. The van der Waals surface area contributed by atoms with Crippen molar-refractivity contribution in [2.24, 2.45) is 0 Å². The van der Waals surface area contributed by atoms with Crippen molar-refractivity contribution < 1.29 is 4.79 Å². The van der Waals surface area contributed by atoms with Crippen LogP contribution in [0.3, 0.4) is 0 Å². The largest absolute Gasteiger partial charge is 0.333 e. The average Bonchev–Trinajstić information content (AvgIpc) is 3.13. The third kappa shape index (κ3) is 5.97. The number of carbonyl (C=O) groups is 1. The standard InChI is InChI=1S/C25H32N4OS/c1-6-15-28-23(21-14-10-11-19(2)16-21)26-27-24(28)31-18-22(30)29(25(3,4)5)17-20-12-8-7-9-13-20/h7-14,16H,6,15,17-18H2,1-5H3. The fourth-order valence-electron chi connectivity index (χ4n) is 3.49. The molecule has 1 amide bonds. The molecule has 0 aliphatic carbocycles. The van der Waals surface area contributed by atoms with Crippen LogP contribution in [0.5, 0.6) is 0 Å². The Kier molecular flexibility index (Phi) is 7.55. The predicted octanol–water partition coefficient (Wildman–Crippen LogP) is 5.58. The normalized spacial score (nSPS) is 11.5. The highest BCUT2D eigenvalue weighted by Crippen LogP contribution is 2.26. The quantitative estimate of drug-likeness (QED) is 0.432. The Bertz CT molecular complexity index is 1010. The molecule has 0 radical (unpaired) electrons. The zero-order valence-electron chi connectivity index (χ0n) is 19.1. The van der Waals surface area contributed by atoms with E-state index in [0.717, 1.165) is 35.1 Å². The summed E-state index contributed by atoms with van der Waals surface area (Å²) in [6, 6.07) is 18.4. The molecule has 0 fully saturated rings. The molecule has 2 aromatic carbocycles. The number of hydrogen-bond donors (Lipinski definition) is 0. The van der Waals surface area contributed by atoms with Crippen LogP contribution in [-0.2, 0) is 17.9 Å². The number of amides is 1. The van der Waals surface area contributed by atoms with Gasteiger partial charge in [0.25, 0.3) is 0 Å². The molecule has 0 saturated heterocycles. The van der Waals surface area contributed by atoms with Crippen molar-refractivity contribution in [2.75, 3.05) is 5.75 Å². The van der Waals surface area contributed by atoms with E-state index in [0.29, 0.717) is 12.3 Å². The summed E-state index contributed by atoms with van der Waals surface area (Å²) in [5.41, 5.74) is 3.11. The van der Waals surface area contributed by atoms with Gasteiger partial charge >= 0.3 is 0 Å². The zero-order valence-corrected chi connectivity index (χ0v) is 19.9. The van der Waals surface area contributed by atoms with Gasteiger partial charge in [-0.1, -0.05) is 72.8 Å². The molecule has 3 aromatic rings. The van der Waals surface area contributed by atoms with Crippen molar-refractivity contribution in [1.82, 2.24) is 19.7 Å². The minimum Gasteiger partial charge on any atom is -0.333 e. The molecule has 0 saturated carbocycles. The van der Waals surface area contributed by atoms with E-state index in [1.807, 2.05) is 29.2 Å². The molecule has 1 aromatic heterocycles. The monoisotopic (exact) mass is 436 g/mol. The Morgan fingerprint density at radius 3 is 2.45 bits per heavy atom. The number of hydrogen-bond acceptors (Lipinski definition) is 4. The van der Waals surface area contributed by atoms with Crippen molar-refractivity contribution in [2.45, 2.75) is 64.8 Å². The molecule has 0 unspecified atom stereocenters. The predicted molar refractivity (Wildman–Crippen MR) is 128 cm³/mol. The maximum absolute atomic E-state index is 13.2. The first-order valence-corrected chi connectivity index (χ1v) is 11.8. The summed E-state index contributed by atoms with van der Waals surface area (Å²) in [7, 11) is 0. The van der Waals surface area contributed by atoms with Crippen LogP contribution in [-0.4, -0.2) is 36.9 Å². The van der Waals surface area contributed by atoms with E-state index < -0.39 is 0 Å². The fraction of sp³-hybridized carbons (Fsp3) is 0.400. The van der Waals surface area contributed by atoms with Crippen molar-refractivity contribution in [3.63, 3.8) is 0 Å². The second kappa shape index (κ2) is 10.1. The molecule has 0 aliphatic rings. The van der Waals surface area contributed by atoms with Crippen LogP contribution in [0.2, 0.25) is 0 Å². The molecule has 6 heteroatoms. The number of aromatic nitrogens is 3. The highest BCUT2D eigenvalue weighted by molar-refractivity contribution is 7.99. The lowest BCUT2D eigenvalue weighted by Crippen LogP contribution is -2.45. The molecule has 0 bridgehead atoms. The summed E-state index contributed by atoms with van der Waals surface area (Å²) in [5.74, 6) is 1.29. The maximum Gasteiger partial charge on any atom is 0.233 e. The number of aryl methyl sites for hydroxylation is 1. The molecular formula is C25H32N4OS. The van der Waals surface area contributed by atoms with Crippen LogP contribution < -0.4 is 0 Å². The Morgan fingerprint density at radius 2 is 1.81 bits per heavy atom. The second-order valence-corrected chi connectivity index (χ2v) is 9.69. The molecule has 31 heavy (non-hydrogen) atoms. The van der Waals surface area contributed by atoms with E-state index in [2.05, 4.69) is 79.7 Å². The molecule has 1 heterocycles. The Balaban J connectivity index is 1.78. The second-order valence-electron chi connectivity index (χ2n) is 8.75. The molecule has 0 aliphatic heterocycles. The molecule has 3 rings (SSSR count). The third-order valence-electron chi connectivity index (χ3n) is 5.06. The van der Waals surface area contributed by atoms with Crippen molar-refractivity contribution in [3.8, 4) is 11.4 Å². The van der Waals surface area contributed by atoms with Crippen molar-refractivity contribution >= 4 is 17.7 Å². The van der Waals surface area contributed by atoms with Gasteiger partial charge in [0, 0.05) is 24.2 Å². The number of thioether (sulfide) groups is 1. The van der Waals surface area contributed by atoms with E-state index in [-0.39, 0.29) is 11.4 Å². The first kappa shape index (κ1) is 23.1. The number of benzene rings is 2. The highest BCUT2D eigenvalue weighted by Gasteiger charge is 2.27. The van der Waals surface area contributed by atoms with Crippen LogP contribution in [0.4, 0.5) is 0 Å². The average molecular weight is 437 g/mol. The minimum absolute atomic E-state index is 0.101. The van der Waals surface area contributed by atoms with E-state index in [1.165, 1.54) is 17.3 Å². The van der Waals surface area contributed by atoms with Gasteiger partial charge in [0.1, 0.15) is 0 Å². The summed E-state index contributed by atoms with van der Waals surface area (Å²) >= 11 is 1.47. The Labute approximate surface area is 189 Å². The summed E-state index contributed by atoms with van der Waals surface area (Å²) in [5, 5.41) is 9.67. The van der Waals surface area contributed by atoms with Gasteiger partial charge in [-0.2, -0.15) is 0 Å². The lowest BCUT2D eigenvalue weighted by Gasteiger charge is -2.36. The first-order valence-electron chi connectivity index (χ1n) is 10.8. The minimum atomic E-state index is -0.267. The van der Waals surface area contributed by atoms with Gasteiger partial charge in [-0.15, -0.1) is 10.2 Å². The first-order chi connectivity index (χ1) is 14.8. The number of rotatable bonds is 8. The van der Waals surface area contributed by atoms with Gasteiger partial charge in [0.2, 0.25) is 5.91 Å². The maximum atomic E-state index is 13.2. The van der Waals surface area contributed by atoms with Crippen LogP contribution in [0.15, 0.2) is 59.8 Å². The Hall–Kier alpha value is -2.60. The van der Waals surface area contributed by atoms with Crippen LogP contribution in [0.25, 0.3) is 11.4 Å². The van der Waals surface area contributed by atoms with Gasteiger partial charge in [-0.3, -0.25) is 4.79 Å². The lowest BCUT2D eigenvalue weighted by atomic mass is 10.0. The third-order valence-corrected chi connectivity index (χ3v) is 6.01. The van der Waals surface area contributed by atoms with Crippen molar-refractivity contribution in [1.29, 1.82) is 0 Å².